The lowest BCUT2D eigenvalue weighted by atomic mass is 10.0. The highest BCUT2D eigenvalue weighted by Gasteiger charge is 2.35. The number of carboxylic acids is 1. The molecule has 0 atom stereocenters. The molecular weight excluding hydrogens is 424 g/mol. The number of rotatable bonds is 5. The van der Waals surface area contributed by atoms with Crippen LogP contribution in [0.2, 0.25) is 0 Å². The highest BCUT2D eigenvalue weighted by Crippen LogP contribution is 2.39. The zero-order valence-corrected chi connectivity index (χ0v) is 17.0. The summed E-state index contributed by atoms with van der Waals surface area (Å²) < 4.78 is 16.3. The monoisotopic (exact) mass is 440 g/mol. The molecule has 0 bridgehead atoms. The molecule has 0 radical (unpaired) electrons. The minimum absolute atomic E-state index is 0.0232. The van der Waals surface area contributed by atoms with E-state index in [-0.39, 0.29) is 28.7 Å². The molecule has 4 rings (SSSR count). The Hall–Kier alpha value is -3.92. The van der Waals surface area contributed by atoms with Gasteiger partial charge in [-0.2, -0.15) is 0 Å². The van der Waals surface area contributed by atoms with E-state index in [2.05, 4.69) is 5.32 Å². The van der Waals surface area contributed by atoms with Gasteiger partial charge in [0.05, 0.1) is 17.9 Å². The van der Waals surface area contributed by atoms with Crippen LogP contribution in [0.15, 0.2) is 42.0 Å². The Morgan fingerprint density at radius 1 is 1.26 bits per heavy atom. The van der Waals surface area contributed by atoms with Crippen LogP contribution in [0.3, 0.4) is 0 Å². The number of ether oxygens (including phenoxy) is 3. The van der Waals surface area contributed by atoms with Crippen LogP contribution in [0.5, 0.6) is 17.2 Å². The molecule has 2 amide bonds. The van der Waals surface area contributed by atoms with Crippen molar-refractivity contribution in [3.05, 3.63) is 53.1 Å². The molecule has 2 aromatic carbocycles. The van der Waals surface area contributed by atoms with Gasteiger partial charge in [-0.25, -0.2) is 4.79 Å². The van der Waals surface area contributed by atoms with Crippen LogP contribution in [0.4, 0.5) is 5.69 Å². The second-order valence-corrected chi connectivity index (χ2v) is 6.88. The molecule has 0 aromatic heterocycles. The third-order valence-electron chi connectivity index (χ3n) is 4.56. The molecule has 9 nitrogen and oxygen atoms in total. The molecule has 2 N–H and O–H groups in total. The number of nitrogens with one attached hydrogen (secondary N) is 1. The fraction of sp³-hybridized carbons (Fsp3) is 0.143. The Kier molecular flexibility index (Phi) is 5.30. The quantitative estimate of drug-likeness (QED) is 0.414. The number of anilines is 1. The molecule has 31 heavy (non-hydrogen) atoms. The van der Waals surface area contributed by atoms with Crippen LogP contribution in [-0.2, 0) is 9.59 Å². The zero-order chi connectivity index (χ0) is 22.1. The van der Waals surface area contributed by atoms with E-state index in [0.29, 0.717) is 29.4 Å². The van der Waals surface area contributed by atoms with Crippen LogP contribution < -0.4 is 24.4 Å². The first-order valence-electron chi connectivity index (χ1n) is 9.20. The number of hydrogen-bond donors (Lipinski definition) is 2. The maximum Gasteiger partial charge on any atom is 0.335 e. The number of amides is 2. The van der Waals surface area contributed by atoms with E-state index >= 15 is 0 Å². The Labute approximate surface area is 181 Å². The van der Waals surface area contributed by atoms with Gasteiger partial charge in [0.1, 0.15) is 11.3 Å². The topological polar surface area (TPSA) is 114 Å². The van der Waals surface area contributed by atoms with Gasteiger partial charge in [-0.15, -0.1) is 0 Å². The van der Waals surface area contributed by atoms with Crippen molar-refractivity contribution in [3.8, 4) is 17.2 Å². The molecule has 2 heterocycles. The van der Waals surface area contributed by atoms with E-state index in [9.17, 15) is 19.5 Å². The minimum Gasteiger partial charge on any atom is -0.493 e. The van der Waals surface area contributed by atoms with Gasteiger partial charge >= 0.3 is 5.97 Å². The van der Waals surface area contributed by atoms with Crippen molar-refractivity contribution in [1.82, 2.24) is 5.32 Å². The van der Waals surface area contributed by atoms with Crippen LogP contribution in [0.1, 0.15) is 22.8 Å². The van der Waals surface area contributed by atoms with Crippen molar-refractivity contribution < 1.29 is 33.7 Å². The van der Waals surface area contributed by atoms with Crippen LogP contribution in [0, 0.1) is 0 Å². The normalized spacial score (nSPS) is 16.5. The lowest BCUT2D eigenvalue weighted by molar-refractivity contribution is -0.122. The number of aromatic carboxylic acids is 1. The molecule has 10 heteroatoms. The molecule has 0 aliphatic carbocycles. The van der Waals surface area contributed by atoms with Gasteiger partial charge in [0, 0.05) is 11.6 Å². The largest absolute Gasteiger partial charge is 0.493 e. The second-order valence-electron chi connectivity index (χ2n) is 6.49. The van der Waals surface area contributed by atoms with Gasteiger partial charge in [-0.3, -0.25) is 19.8 Å². The zero-order valence-electron chi connectivity index (χ0n) is 16.2. The fourth-order valence-electron chi connectivity index (χ4n) is 3.16. The summed E-state index contributed by atoms with van der Waals surface area (Å²) in [6.45, 7) is 2.21. The number of carbonyl (C=O) groups excluding carboxylic acids is 2. The summed E-state index contributed by atoms with van der Waals surface area (Å²) >= 11 is 5.16. The van der Waals surface area contributed by atoms with Gasteiger partial charge in [0.2, 0.25) is 6.79 Å². The SMILES string of the molecule is CCOc1cc2c(cc1/C=C1\C(=O)NC(=S)N(c3cccc(C(=O)O)c3)C1=O)OCO2. The summed E-state index contributed by atoms with van der Waals surface area (Å²) in [5, 5.41) is 11.6. The van der Waals surface area contributed by atoms with Crippen molar-refractivity contribution in [3.63, 3.8) is 0 Å². The lowest BCUT2D eigenvalue weighted by Gasteiger charge is -2.29. The van der Waals surface area contributed by atoms with E-state index in [1.165, 1.54) is 30.3 Å². The molecule has 2 aliphatic rings. The van der Waals surface area contributed by atoms with Crippen LogP contribution in [-0.4, -0.2) is 41.4 Å². The van der Waals surface area contributed by atoms with Gasteiger partial charge in [-0.1, -0.05) is 6.07 Å². The van der Waals surface area contributed by atoms with Gasteiger partial charge in [0.15, 0.2) is 16.6 Å². The maximum absolute atomic E-state index is 13.2. The number of hydrogen-bond acceptors (Lipinski definition) is 7. The molecule has 0 spiro atoms. The molecule has 2 aliphatic heterocycles. The van der Waals surface area contributed by atoms with Gasteiger partial charge in [0.25, 0.3) is 11.8 Å². The average Bonchev–Trinajstić information content (AvgIpc) is 3.18. The summed E-state index contributed by atoms with van der Waals surface area (Å²) in [4.78, 5) is 38.1. The van der Waals surface area contributed by atoms with E-state index in [1.807, 2.05) is 0 Å². The Morgan fingerprint density at radius 3 is 2.71 bits per heavy atom. The molecule has 1 saturated heterocycles. The van der Waals surface area contributed by atoms with E-state index in [1.54, 1.807) is 19.1 Å². The smallest absolute Gasteiger partial charge is 0.335 e. The molecule has 0 unspecified atom stereocenters. The van der Waals surface area contributed by atoms with E-state index < -0.39 is 17.8 Å². The van der Waals surface area contributed by atoms with Crippen LogP contribution in [0.25, 0.3) is 6.08 Å². The van der Waals surface area contributed by atoms with Crippen LogP contribution >= 0.6 is 12.2 Å². The first kappa shape index (κ1) is 20.4. The Morgan fingerprint density at radius 2 is 2.00 bits per heavy atom. The van der Waals surface area contributed by atoms with Crippen molar-refractivity contribution in [1.29, 1.82) is 0 Å². The summed E-state index contributed by atoms with van der Waals surface area (Å²) in [5.74, 6) is -1.16. The van der Waals surface area contributed by atoms with Gasteiger partial charge in [-0.05, 0) is 49.5 Å². The number of benzene rings is 2. The number of fused-ring (bicyclic) bond motifs is 1. The number of thiocarbonyl (C=S) groups is 1. The predicted octanol–water partition coefficient (Wildman–Crippen LogP) is 2.34. The maximum atomic E-state index is 13.2. The molecular formula is C21H16N2O7S. The van der Waals surface area contributed by atoms with Crippen molar-refractivity contribution in [2.75, 3.05) is 18.3 Å². The second kappa shape index (κ2) is 8.07. The minimum atomic E-state index is -1.15. The van der Waals surface area contributed by atoms with Crippen molar-refractivity contribution >= 4 is 46.9 Å². The third kappa shape index (κ3) is 3.80. The third-order valence-corrected chi connectivity index (χ3v) is 4.84. The fourth-order valence-corrected chi connectivity index (χ4v) is 3.44. The summed E-state index contributed by atoms with van der Waals surface area (Å²) in [6, 6.07) is 8.94. The Bertz CT molecular complexity index is 1160. The first-order chi connectivity index (χ1) is 14.9. The average molecular weight is 440 g/mol. The first-order valence-corrected chi connectivity index (χ1v) is 9.61. The molecule has 1 fully saturated rings. The molecule has 158 valence electrons. The molecule has 2 aromatic rings. The number of nitrogens with zero attached hydrogens (tertiary/aromatic N) is 1. The predicted molar refractivity (Wildman–Crippen MR) is 113 cm³/mol. The van der Waals surface area contributed by atoms with Crippen molar-refractivity contribution in [2.24, 2.45) is 0 Å². The number of carbonyl (C=O) groups is 3. The summed E-state index contributed by atoms with van der Waals surface area (Å²) in [6.07, 6.45) is 1.38. The summed E-state index contributed by atoms with van der Waals surface area (Å²) in [5.41, 5.74) is 0.437. The van der Waals surface area contributed by atoms with E-state index in [0.717, 1.165) is 4.90 Å². The molecule has 0 saturated carbocycles. The highest BCUT2D eigenvalue weighted by molar-refractivity contribution is 7.80. The standard InChI is InChI=1S/C21H16N2O7S/c1-2-28-15-9-17-16(29-10-30-17)8-12(15)7-14-18(24)22-21(31)23(19(14)25)13-5-3-4-11(6-13)20(26)27/h3-9H,2,10H2,1H3,(H,26,27)(H,22,24,31)/b14-7+. The summed E-state index contributed by atoms with van der Waals surface area (Å²) in [7, 11) is 0. The number of carboxylic acid groups (broad SMARTS) is 1. The Balaban J connectivity index is 1.77. The van der Waals surface area contributed by atoms with E-state index in [4.69, 9.17) is 26.4 Å². The lowest BCUT2D eigenvalue weighted by Crippen LogP contribution is -2.54. The highest BCUT2D eigenvalue weighted by atomic mass is 32.1. The van der Waals surface area contributed by atoms with Crippen molar-refractivity contribution in [2.45, 2.75) is 6.92 Å². The van der Waals surface area contributed by atoms with Gasteiger partial charge < -0.3 is 19.3 Å².